The number of aromatic nitrogens is 4. The van der Waals surface area contributed by atoms with Gasteiger partial charge >= 0.3 is 0 Å². The Balaban J connectivity index is 1.78. The monoisotopic (exact) mass is 346 g/mol. The van der Waals surface area contributed by atoms with E-state index >= 15 is 0 Å². The molecule has 0 amide bonds. The van der Waals surface area contributed by atoms with E-state index in [1.807, 2.05) is 20.8 Å². The van der Waals surface area contributed by atoms with Gasteiger partial charge in [-0.3, -0.25) is 4.79 Å². The minimum Gasteiger partial charge on any atom is -0.293 e. The molecule has 3 aromatic rings. The van der Waals surface area contributed by atoms with Crippen LogP contribution in [0.1, 0.15) is 27.3 Å². The second-order valence-corrected chi connectivity index (χ2v) is 6.61. The minimum atomic E-state index is 0.0163. The third-order valence-corrected chi connectivity index (χ3v) is 4.83. The van der Waals surface area contributed by atoms with Crippen LogP contribution in [0.5, 0.6) is 0 Å². The molecule has 0 aliphatic carbocycles. The van der Waals surface area contributed by atoms with Gasteiger partial charge in [-0.05, 0) is 50.6 Å². The number of rotatable bonds is 4. The normalized spacial score (nSPS) is 11.1. The second-order valence-electron chi connectivity index (χ2n) is 5.23. The van der Waals surface area contributed by atoms with E-state index in [-0.39, 0.29) is 11.5 Å². The first kappa shape index (κ1) is 16.0. The Labute approximate surface area is 143 Å². The van der Waals surface area contributed by atoms with Gasteiger partial charge < -0.3 is 0 Å². The van der Waals surface area contributed by atoms with E-state index in [1.165, 1.54) is 11.8 Å². The smallest absolute Gasteiger partial charge is 0.253 e. The van der Waals surface area contributed by atoms with Crippen molar-refractivity contribution < 1.29 is 4.79 Å². The second kappa shape index (κ2) is 6.29. The van der Waals surface area contributed by atoms with E-state index in [9.17, 15) is 4.79 Å². The number of carbonyl (C=O) groups excluding carboxylic acids is 1. The van der Waals surface area contributed by atoms with Gasteiger partial charge in [0, 0.05) is 22.0 Å². The van der Waals surface area contributed by atoms with Gasteiger partial charge in [0.1, 0.15) is 0 Å². The summed E-state index contributed by atoms with van der Waals surface area (Å²) in [6.45, 7) is 5.95. The summed E-state index contributed by atoms with van der Waals surface area (Å²) in [5, 5.41) is 5.59. The van der Waals surface area contributed by atoms with Crippen LogP contribution in [0.4, 0.5) is 0 Å². The van der Waals surface area contributed by atoms with Crippen LogP contribution in [0.25, 0.3) is 5.78 Å². The Bertz CT molecular complexity index is 889. The molecule has 0 N–H and O–H groups in total. The summed E-state index contributed by atoms with van der Waals surface area (Å²) < 4.78 is 1.72. The lowest BCUT2D eigenvalue weighted by atomic mass is 10.1. The maximum Gasteiger partial charge on any atom is 0.253 e. The van der Waals surface area contributed by atoms with Gasteiger partial charge in [0.25, 0.3) is 5.78 Å². The third kappa shape index (κ3) is 3.23. The zero-order valence-electron chi connectivity index (χ0n) is 13.0. The molecular weight excluding hydrogens is 332 g/mol. The van der Waals surface area contributed by atoms with E-state index in [0.717, 1.165) is 17.0 Å². The fourth-order valence-corrected chi connectivity index (χ4v) is 2.99. The van der Waals surface area contributed by atoms with Crippen molar-refractivity contribution in [3.05, 3.63) is 51.8 Å². The summed E-state index contributed by atoms with van der Waals surface area (Å²) in [5.74, 6) is 0.852. The molecule has 1 aromatic carbocycles. The summed E-state index contributed by atoms with van der Waals surface area (Å²) in [5.41, 5.74) is 3.68. The van der Waals surface area contributed by atoms with Crippen LogP contribution in [-0.4, -0.2) is 31.1 Å². The van der Waals surface area contributed by atoms with Crippen molar-refractivity contribution in [3.8, 4) is 0 Å². The van der Waals surface area contributed by atoms with Crippen molar-refractivity contribution in [1.82, 2.24) is 19.6 Å². The van der Waals surface area contributed by atoms with Gasteiger partial charge in [0.2, 0.25) is 5.16 Å². The summed E-state index contributed by atoms with van der Waals surface area (Å²) in [6.07, 6.45) is 0. The van der Waals surface area contributed by atoms with Crippen LogP contribution in [-0.2, 0) is 0 Å². The number of carbonyl (C=O) groups is 1. The molecule has 0 aliphatic heterocycles. The molecule has 2 aromatic heterocycles. The maximum absolute atomic E-state index is 12.2. The van der Waals surface area contributed by atoms with Crippen molar-refractivity contribution in [1.29, 1.82) is 0 Å². The number of hydrogen-bond donors (Lipinski definition) is 0. The molecule has 2 heterocycles. The first-order chi connectivity index (χ1) is 11.0. The average molecular weight is 347 g/mol. The summed E-state index contributed by atoms with van der Waals surface area (Å²) in [7, 11) is 0. The van der Waals surface area contributed by atoms with Gasteiger partial charge in [0.05, 0.1) is 5.75 Å². The Morgan fingerprint density at radius 1 is 1.17 bits per heavy atom. The third-order valence-electron chi connectivity index (χ3n) is 3.74. The van der Waals surface area contributed by atoms with Crippen molar-refractivity contribution in [3.63, 3.8) is 0 Å². The Morgan fingerprint density at radius 2 is 1.87 bits per heavy atom. The Hall–Kier alpha value is -1.92. The van der Waals surface area contributed by atoms with Gasteiger partial charge in [-0.1, -0.05) is 23.4 Å². The Kier molecular flexibility index (Phi) is 4.37. The van der Waals surface area contributed by atoms with Crippen molar-refractivity contribution >= 4 is 34.9 Å². The van der Waals surface area contributed by atoms with Crippen LogP contribution < -0.4 is 0 Å². The SMILES string of the molecule is Cc1nc2nc(SCC(=O)c3ccc(Cl)cc3)nn2c(C)c1C. The number of nitrogens with zero attached hydrogens (tertiary/aromatic N) is 4. The van der Waals surface area contributed by atoms with Crippen LogP contribution in [0.15, 0.2) is 29.4 Å². The molecule has 0 fully saturated rings. The molecule has 0 unspecified atom stereocenters. The van der Waals surface area contributed by atoms with Gasteiger partial charge in [-0.15, -0.1) is 5.10 Å². The standard InChI is InChI=1S/C16H15ClN4OS/c1-9-10(2)18-15-19-16(20-21(15)11(9)3)23-8-14(22)12-4-6-13(17)7-5-12/h4-7H,8H2,1-3H3. The number of fused-ring (bicyclic) bond motifs is 1. The van der Waals surface area contributed by atoms with Crippen LogP contribution in [0.3, 0.4) is 0 Å². The number of hydrogen-bond acceptors (Lipinski definition) is 5. The summed E-state index contributed by atoms with van der Waals surface area (Å²) >= 11 is 7.14. The van der Waals surface area contributed by atoms with Crippen LogP contribution in [0, 0.1) is 20.8 Å². The molecule has 0 atom stereocenters. The fraction of sp³-hybridized carbons (Fsp3) is 0.250. The number of ketones is 1. The lowest BCUT2D eigenvalue weighted by Crippen LogP contribution is -2.03. The number of halogens is 1. The maximum atomic E-state index is 12.2. The molecule has 118 valence electrons. The highest BCUT2D eigenvalue weighted by atomic mass is 35.5. The summed E-state index contributed by atoms with van der Waals surface area (Å²) in [6, 6.07) is 6.87. The number of Topliss-reactive ketones (excluding diaryl/α,β-unsaturated/α-hetero) is 1. The van der Waals surface area contributed by atoms with Crippen LogP contribution >= 0.6 is 23.4 Å². The zero-order chi connectivity index (χ0) is 16.6. The average Bonchev–Trinajstić information content (AvgIpc) is 2.94. The molecule has 0 saturated carbocycles. The van der Waals surface area contributed by atoms with Gasteiger partial charge in [-0.2, -0.15) is 4.98 Å². The highest BCUT2D eigenvalue weighted by Gasteiger charge is 2.13. The molecule has 3 rings (SSSR count). The quantitative estimate of drug-likeness (QED) is 0.532. The lowest BCUT2D eigenvalue weighted by Gasteiger charge is -2.04. The zero-order valence-corrected chi connectivity index (χ0v) is 14.6. The first-order valence-corrected chi connectivity index (χ1v) is 8.44. The molecule has 5 nitrogen and oxygen atoms in total. The topological polar surface area (TPSA) is 60.2 Å². The van der Waals surface area contributed by atoms with E-state index in [1.54, 1.807) is 28.8 Å². The number of benzene rings is 1. The van der Waals surface area contributed by atoms with E-state index in [2.05, 4.69) is 15.1 Å². The summed E-state index contributed by atoms with van der Waals surface area (Å²) in [4.78, 5) is 21.0. The number of thioether (sulfide) groups is 1. The molecule has 0 bridgehead atoms. The predicted molar refractivity (Wildman–Crippen MR) is 91.5 cm³/mol. The predicted octanol–water partition coefficient (Wildman–Crippen LogP) is 3.68. The molecule has 0 spiro atoms. The molecule has 7 heteroatoms. The van der Waals surface area contributed by atoms with Crippen LogP contribution in [0.2, 0.25) is 5.02 Å². The highest BCUT2D eigenvalue weighted by molar-refractivity contribution is 7.99. The minimum absolute atomic E-state index is 0.0163. The molecule has 0 aliphatic rings. The van der Waals surface area contributed by atoms with E-state index in [0.29, 0.717) is 21.5 Å². The molecule has 23 heavy (non-hydrogen) atoms. The highest BCUT2D eigenvalue weighted by Crippen LogP contribution is 2.19. The fourth-order valence-electron chi connectivity index (χ4n) is 2.15. The molecular formula is C16H15ClN4OS. The van der Waals surface area contributed by atoms with Crippen molar-refractivity contribution in [2.45, 2.75) is 25.9 Å². The largest absolute Gasteiger partial charge is 0.293 e. The van der Waals surface area contributed by atoms with Crippen molar-refractivity contribution in [2.75, 3.05) is 5.75 Å². The van der Waals surface area contributed by atoms with Gasteiger partial charge in [0.15, 0.2) is 5.78 Å². The Morgan fingerprint density at radius 3 is 2.57 bits per heavy atom. The lowest BCUT2D eigenvalue weighted by molar-refractivity contribution is 0.102. The van der Waals surface area contributed by atoms with Gasteiger partial charge in [-0.25, -0.2) is 9.50 Å². The first-order valence-electron chi connectivity index (χ1n) is 7.08. The molecule has 0 radical (unpaired) electrons. The molecule has 0 saturated heterocycles. The van der Waals surface area contributed by atoms with E-state index in [4.69, 9.17) is 11.6 Å². The number of aryl methyl sites for hydroxylation is 2. The van der Waals surface area contributed by atoms with Crippen molar-refractivity contribution in [2.24, 2.45) is 0 Å². The van der Waals surface area contributed by atoms with E-state index < -0.39 is 0 Å².